The molecule has 0 aliphatic carbocycles. The van der Waals surface area contributed by atoms with Gasteiger partial charge in [0.15, 0.2) is 0 Å². The highest BCUT2D eigenvalue weighted by atomic mass is 32.2. The van der Waals surface area contributed by atoms with Crippen LogP contribution in [0.4, 0.5) is 74.6 Å². The smallest absolute Gasteiger partial charge is 0.282 e. The van der Waals surface area contributed by atoms with Crippen LogP contribution in [-0.2, 0) is 20.2 Å². The number of rotatable bonds is 8. The van der Waals surface area contributed by atoms with Crippen molar-refractivity contribution in [2.75, 3.05) is 0 Å². The Bertz CT molecular complexity index is 1220. The first-order valence-corrected chi connectivity index (χ1v) is 11.2. The van der Waals surface area contributed by atoms with E-state index >= 15 is 0 Å². The maximum absolute atomic E-state index is 13.0. The summed E-state index contributed by atoms with van der Waals surface area (Å²) in [4.78, 5) is -0.0741. The molecule has 1 aromatic carbocycles. The van der Waals surface area contributed by atoms with E-state index in [1.54, 1.807) is 18.2 Å². The fourth-order valence-corrected chi connectivity index (χ4v) is 2.86. The van der Waals surface area contributed by atoms with Gasteiger partial charge in [-0.3, -0.25) is 9.11 Å². The quantitative estimate of drug-likeness (QED) is 0.271. The Kier molecular flexibility index (Phi) is 9.49. The normalized spacial score (nSPS) is 15.5. The summed E-state index contributed by atoms with van der Waals surface area (Å²) in [6.45, 7) is 0. The molecule has 6 nitrogen and oxygen atoms in total. The third kappa shape index (κ3) is 5.84. The molecule has 1 aromatic rings. The maximum atomic E-state index is 13.0. The number of hydrogen-bond donors (Lipinski definition) is 2. The Morgan fingerprint density at radius 2 is 0.744 bits per heavy atom. The summed E-state index contributed by atoms with van der Waals surface area (Å²) in [5, 5.41) is -7.84. The molecule has 0 aromatic heterocycles. The highest BCUT2D eigenvalue weighted by Gasteiger charge is 2.96. The van der Waals surface area contributed by atoms with Gasteiger partial charge >= 0.3 is 57.1 Å². The lowest BCUT2D eigenvalue weighted by molar-refractivity contribution is -0.458. The van der Waals surface area contributed by atoms with Crippen molar-refractivity contribution in [3.05, 3.63) is 30.3 Å². The molecule has 0 spiro atoms. The molecule has 25 heteroatoms. The Morgan fingerprint density at radius 1 is 0.462 bits per heavy atom. The van der Waals surface area contributed by atoms with E-state index in [1.807, 2.05) is 0 Å². The molecule has 0 radical (unpaired) electrons. The standard InChI is InChI=1S/C8HF17O3S.C6H6O3S/c9-1(10,3(13,14)5(17,18)7(21,22)23)2(11,12)4(15,16)6(19,20)8(24,25)29(26,27)28;7-10(8,9)6-4-2-1-3-5-6/h(H,26,27,28);1-5H,(H,7,8,9). The minimum absolute atomic E-state index is 0.0741. The van der Waals surface area contributed by atoms with E-state index in [0.29, 0.717) is 0 Å². The van der Waals surface area contributed by atoms with E-state index in [9.17, 15) is 91.5 Å². The lowest BCUT2D eigenvalue weighted by Crippen LogP contribution is -2.74. The molecule has 0 saturated heterocycles. The topological polar surface area (TPSA) is 109 Å². The third-order valence-electron chi connectivity index (χ3n) is 4.06. The molecule has 230 valence electrons. The van der Waals surface area contributed by atoms with Crippen LogP contribution in [0.1, 0.15) is 0 Å². The molecule has 0 fully saturated rings. The van der Waals surface area contributed by atoms with Gasteiger partial charge in [0.05, 0.1) is 4.90 Å². The molecule has 39 heavy (non-hydrogen) atoms. The van der Waals surface area contributed by atoms with Crippen molar-refractivity contribution in [3.8, 4) is 0 Å². The van der Waals surface area contributed by atoms with Crippen LogP contribution in [0.2, 0.25) is 0 Å². The summed E-state index contributed by atoms with van der Waals surface area (Å²) in [5.41, 5.74) is 0. The van der Waals surface area contributed by atoms with E-state index in [2.05, 4.69) is 0 Å². The summed E-state index contributed by atoms with van der Waals surface area (Å²) >= 11 is 0. The van der Waals surface area contributed by atoms with Gasteiger partial charge in [-0.1, -0.05) is 18.2 Å². The number of alkyl halides is 17. The van der Waals surface area contributed by atoms with Crippen LogP contribution in [0.25, 0.3) is 0 Å². The van der Waals surface area contributed by atoms with Crippen LogP contribution < -0.4 is 0 Å². The Balaban J connectivity index is 0.00000120. The van der Waals surface area contributed by atoms with Gasteiger partial charge in [0.2, 0.25) is 0 Å². The molecule has 0 saturated carbocycles. The zero-order chi connectivity index (χ0) is 32.1. The highest BCUT2D eigenvalue weighted by Crippen LogP contribution is 2.64. The molecule has 0 bridgehead atoms. The van der Waals surface area contributed by atoms with E-state index in [0.717, 1.165) is 0 Å². The molecular formula is C14H7F17O6S2. The van der Waals surface area contributed by atoms with Crippen molar-refractivity contribution < 1.29 is 101 Å². The third-order valence-corrected chi connectivity index (χ3v) is 5.83. The van der Waals surface area contributed by atoms with E-state index in [-0.39, 0.29) is 4.90 Å². The Morgan fingerprint density at radius 3 is 0.974 bits per heavy atom. The summed E-state index contributed by atoms with van der Waals surface area (Å²) in [5.74, 6) is -52.0. The van der Waals surface area contributed by atoms with Crippen molar-refractivity contribution in [1.29, 1.82) is 0 Å². The summed E-state index contributed by atoms with van der Waals surface area (Å²) in [6.07, 6.45) is -7.88. The van der Waals surface area contributed by atoms with Crippen LogP contribution in [0, 0.1) is 0 Å². The highest BCUT2D eigenvalue weighted by molar-refractivity contribution is 7.87. The average molecular weight is 658 g/mol. The van der Waals surface area contributed by atoms with Crippen molar-refractivity contribution in [2.24, 2.45) is 0 Å². The van der Waals surface area contributed by atoms with Gasteiger partial charge in [-0.05, 0) is 12.1 Å². The second-order valence-corrected chi connectivity index (χ2v) is 9.61. The molecule has 1 rings (SSSR count). The Hall–Kier alpha value is -2.15. The molecule has 0 unspecified atom stereocenters. The molecule has 0 atom stereocenters. The fourth-order valence-electron chi connectivity index (χ4n) is 1.90. The zero-order valence-corrected chi connectivity index (χ0v) is 18.8. The SMILES string of the molecule is O=S(=O)(O)C(F)(F)C(F)(F)C(F)(F)C(F)(F)C(F)(F)C(F)(F)C(F)(F)C(F)(F)F.O=S(=O)(O)c1ccccc1. The molecule has 0 amide bonds. The number of hydrogen-bond acceptors (Lipinski definition) is 4. The van der Waals surface area contributed by atoms with Crippen molar-refractivity contribution >= 4 is 20.2 Å². The van der Waals surface area contributed by atoms with Crippen LogP contribution in [0.3, 0.4) is 0 Å². The van der Waals surface area contributed by atoms with E-state index in [1.165, 1.54) is 12.1 Å². The average Bonchev–Trinajstić information content (AvgIpc) is 2.71. The second kappa shape index (κ2) is 10.0. The van der Waals surface area contributed by atoms with Gasteiger partial charge < -0.3 is 0 Å². The van der Waals surface area contributed by atoms with Crippen molar-refractivity contribution in [3.63, 3.8) is 0 Å². The van der Waals surface area contributed by atoms with Gasteiger partial charge in [0.1, 0.15) is 0 Å². The molecular weight excluding hydrogens is 651 g/mol. The van der Waals surface area contributed by atoms with E-state index in [4.69, 9.17) is 9.11 Å². The van der Waals surface area contributed by atoms with Gasteiger partial charge in [-0.2, -0.15) is 91.5 Å². The minimum atomic E-state index is -8.89. The van der Waals surface area contributed by atoms with Crippen LogP contribution >= 0.6 is 0 Å². The van der Waals surface area contributed by atoms with Gasteiger partial charge in [0.25, 0.3) is 10.1 Å². The van der Waals surface area contributed by atoms with Crippen LogP contribution in [-0.4, -0.2) is 72.9 Å². The second-order valence-electron chi connectivity index (χ2n) is 6.72. The maximum Gasteiger partial charge on any atom is 0.460 e. The first kappa shape index (κ1) is 36.8. The number of benzene rings is 1. The van der Waals surface area contributed by atoms with Crippen molar-refractivity contribution in [2.45, 2.75) is 51.9 Å². The van der Waals surface area contributed by atoms with Crippen LogP contribution in [0.15, 0.2) is 35.2 Å². The summed E-state index contributed by atoms with van der Waals surface area (Å²) in [6, 6.07) is 7.42. The lowest BCUT2D eigenvalue weighted by atomic mass is 9.91. The first-order chi connectivity index (χ1) is 16.6. The molecule has 0 aliphatic rings. The van der Waals surface area contributed by atoms with E-state index < -0.39 is 67.2 Å². The molecule has 0 heterocycles. The zero-order valence-electron chi connectivity index (χ0n) is 17.2. The van der Waals surface area contributed by atoms with Gasteiger partial charge in [0, 0.05) is 0 Å². The van der Waals surface area contributed by atoms with Gasteiger partial charge in [-0.25, -0.2) is 0 Å². The largest absolute Gasteiger partial charge is 0.460 e. The monoisotopic (exact) mass is 658 g/mol. The molecule has 2 N–H and O–H groups in total. The van der Waals surface area contributed by atoms with Gasteiger partial charge in [-0.15, -0.1) is 0 Å². The first-order valence-electron chi connectivity index (χ1n) is 8.31. The molecule has 0 aliphatic heterocycles. The lowest BCUT2D eigenvalue weighted by Gasteiger charge is -2.42. The fraction of sp³-hybridized carbons (Fsp3) is 0.571. The van der Waals surface area contributed by atoms with Crippen molar-refractivity contribution in [1.82, 2.24) is 0 Å². The Labute approximate surface area is 203 Å². The predicted molar refractivity (Wildman–Crippen MR) is 88.5 cm³/mol. The summed E-state index contributed by atoms with van der Waals surface area (Å²) < 4.78 is 272. The minimum Gasteiger partial charge on any atom is -0.282 e. The number of halogens is 17. The van der Waals surface area contributed by atoms with Crippen LogP contribution in [0.5, 0.6) is 0 Å². The summed E-state index contributed by atoms with van der Waals surface area (Å²) in [7, 11) is -11.9. The predicted octanol–water partition coefficient (Wildman–Crippen LogP) is 5.77.